The van der Waals surface area contributed by atoms with Crippen molar-refractivity contribution < 1.29 is 9.90 Å². The molecule has 2 atom stereocenters. The van der Waals surface area contributed by atoms with Gasteiger partial charge in [0.05, 0.1) is 24.0 Å². The van der Waals surface area contributed by atoms with E-state index in [1.165, 1.54) is 6.20 Å². The molecule has 3 aromatic rings. The number of aliphatic hydroxyl groups excluding tert-OH is 1. The van der Waals surface area contributed by atoms with Crippen LogP contribution in [0, 0.1) is 0 Å². The molecule has 0 spiro atoms. The molecule has 0 bridgehead atoms. The van der Waals surface area contributed by atoms with Crippen LogP contribution in [0.4, 0.5) is 0 Å². The van der Waals surface area contributed by atoms with E-state index < -0.39 is 12.0 Å². The van der Waals surface area contributed by atoms with E-state index in [-0.39, 0.29) is 11.6 Å². The molecule has 0 aliphatic carbocycles. The number of nitrogens with zero attached hydrogens (tertiary/aromatic N) is 3. The predicted molar refractivity (Wildman–Crippen MR) is 85.9 cm³/mol. The number of primary amides is 1. The van der Waals surface area contributed by atoms with Crippen LogP contribution in [0.3, 0.4) is 0 Å². The zero-order valence-electron chi connectivity index (χ0n) is 12.8. The average Bonchev–Trinajstić information content (AvgIpc) is 3.15. The summed E-state index contributed by atoms with van der Waals surface area (Å²) in [6, 6.07) is 7.97. The smallest absolute Gasteiger partial charge is 0.266 e. The topological polar surface area (TPSA) is 110 Å². The van der Waals surface area contributed by atoms with Crippen molar-refractivity contribution in [3.8, 4) is 0 Å². The van der Waals surface area contributed by atoms with Crippen LogP contribution in [0.2, 0.25) is 0 Å². The standard InChI is InChI=1S/C16H19N5O2/c1-10(22)12(16-18-9-13(20-16)15(17)23)6-7-21-14-5-3-2-4-11(14)8-19-21/h2-5,8-10,12,22H,6-7H2,1H3,(H2,17,23)(H,18,20)/t10-,12-/m0/s1. The first-order valence-electron chi connectivity index (χ1n) is 7.49. The fraction of sp³-hybridized carbons (Fsp3) is 0.312. The number of aliphatic hydroxyl groups is 1. The van der Waals surface area contributed by atoms with Gasteiger partial charge in [0, 0.05) is 17.8 Å². The maximum absolute atomic E-state index is 11.2. The molecule has 1 aromatic carbocycles. The number of aromatic amines is 1. The van der Waals surface area contributed by atoms with Gasteiger partial charge in [0.15, 0.2) is 0 Å². The van der Waals surface area contributed by atoms with Gasteiger partial charge in [-0.25, -0.2) is 4.98 Å². The van der Waals surface area contributed by atoms with Gasteiger partial charge in [-0.15, -0.1) is 0 Å². The van der Waals surface area contributed by atoms with Crippen LogP contribution in [0.1, 0.15) is 35.6 Å². The molecule has 4 N–H and O–H groups in total. The third-order valence-electron chi connectivity index (χ3n) is 4.00. The van der Waals surface area contributed by atoms with E-state index in [1.54, 1.807) is 6.92 Å². The number of para-hydroxylation sites is 1. The number of hydrogen-bond acceptors (Lipinski definition) is 4. The summed E-state index contributed by atoms with van der Waals surface area (Å²) >= 11 is 0. The first-order chi connectivity index (χ1) is 11.1. The van der Waals surface area contributed by atoms with Gasteiger partial charge < -0.3 is 15.8 Å². The highest BCUT2D eigenvalue weighted by atomic mass is 16.3. The molecule has 2 aromatic heterocycles. The minimum atomic E-state index is -0.608. The largest absolute Gasteiger partial charge is 0.393 e. The van der Waals surface area contributed by atoms with Crippen molar-refractivity contribution in [2.45, 2.75) is 31.9 Å². The monoisotopic (exact) mass is 313 g/mol. The Hall–Kier alpha value is -2.67. The molecule has 0 radical (unpaired) electrons. The van der Waals surface area contributed by atoms with Crippen molar-refractivity contribution in [1.82, 2.24) is 19.7 Å². The van der Waals surface area contributed by atoms with E-state index in [0.717, 1.165) is 10.9 Å². The van der Waals surface area contributed by atoms with E-state index in [1.807, 2.05) is 35.1 Å². The summed E-state index contributed by atoms with van der Waals surface area (Å²) in [6.07, 6.45) is 3.25. The number of hydrogen-bond donors (Lipinski definition) is 3. The van der Waals surface area contributed by atoms with Crippen LogP contribution < -0.4 is 5.73 Å². The van der Waals surface area contributed by atoms with Crippen LogP contribution in [-0.2, 0) is 6.54 Å². The number of rotatable bonds is 6. The summed E-state index contributed by atoms with van der Waals surface area (Å²) in [5.74, 6) is -0.234. The first-order valence-corrected chi connectivity index (χ1v) is 7.49. The Kier molecular flexibility index (Phi) is 4.12. The molecule has 0 saturated carbocycles. The molecule has 0 aliphatic rings. The lowest BCUT2D eigenvalue weighted by molar-refractivity contribution is 0.0995. The van der Waals surface area contributed by atoms with Gasteiger partial charge in [0.25, 0.3) is 5.91 Å². The molecule has 23 heavy (non-hydrogen) atoms. The molecule has 120 valence electrons. The van der Waals surface area contributed by atoms with Gasteiger partial charge in [0.1, 0.15) is 11.5 Å². The molecule has 0 aliphatic heterocycles. The minimum Gasteiger partial charge on any atom is -0.393 e. The van der Waals surface area contributed by atoms with Gasteiger partial charge in [-0.2, -0.15) is 5.10 Å². The number of H-pyrrole nitrogens is 1. The van der Waals surface area contributed by atoms with Crippen molar-refractivity contribution >= 4 is 16.8 Å². The number of amides is 1. The van der Waals surface area contributed by atoms with Crippen LogP contribution in [0.15, 0.2) is 36.7 Å². The Bertz CT molecular complexity index is 821. The molecule has 0 saturated heterocycles. The van der Waals surface area contributed by atoms with E-state index >= 15 is 0 Å². The Balaban J connectivity index is 1.78. The van der Waals surface area contributed by atoms with E-state index in [4.69, 9.17) is 5.73 Å². The Morgan fingerprint density at radius 2 is 2.17 bits per heavy atom. The molecule has 1 amide bonds. The van der Waals surface area contributed by atoms with Crippen molar-refractivity contribution in [3.63, 3.8) is 0 Å². The Labute approximate surface area is 133 Å². The molecular weight excluding hydrogens is 294 g/mol. The van der Waals surface area contributed by atoms with E-state index in [9.17, 15) is 9.90 Å². The zero-order valence-corrected chi connectivity index (χ0v) is 12.8. The third-order valence-corrected chi connectivity index (χ3v) is 4.00. The van der Waals surface area contributed by atoms with Gasteiger partial charge in [-0.1, -0.05) is 18.2 Å². The highest BCUT2D eigenvalue weighted by Gasteiger charge is 2.22. The molecule has 0 unspecified atom stereocenters. The van der Waals surface area contributed by atoms with E-state index in [0.29, 0.717) is 18.8 Å². The van der Waals surface area contributed by atoms with Gasteiger partial charge >= 0.3 is 0 Å². The summed E-state index contributed by atoms with van der Waals surface area (Å²) in [4.78, 5) is 18.2. The third kappa shape index (κ3) is 3.09. The molecule has 3 rings (SSSR count). The lowest BCUT2D eigenvalue weighted by Gasteiger charge is -2.18. The lowest BCUT2D eigenvalue weighted by Crippen LogP contribution is -2.19. The number of nitrogens with one attached hydrogen (secondary N) is 1. The van der Waals surface area contributed by atoms with Gasteiger partial charge in [-0.3, -0.25) is 9.48 Å². The number of fused-ring (bicyclic) bond motifs is 1. The van der Waals surface area contributed by atoms with Crippen LogP contribution in [0.25, 0.3) is 10.9 Å². The molecule has 7 nitrogen and oxygen atoms in total. The van der Waals surface area contributed by atoms with Gasteiger partial charge in [0.2, 0.25) is 0 Å². The highest BCUT2D eigenvalue weighted by Crippen LogP contribution is 2.23. The number of aromatic nitrogens is 4. The van der Waals surface area contributed by atoms with E-state index in [2.05, 4.69) is 15.1 Å². The van der Waals surface area contributed by atoms with Crippen molar-refractivity contribution in [3.05, 3.63) is 48.2 Å². The van der Waals surface area contributed by atoms with Crippen LogP contribution >= 0.6 is 0 Å². The molecule has 0 fully saturated rings. The summed E-state index contributed by atoms with van der Waals surface area (Å²) in [5, 5.41) is 15.5. The second-order valence-electron chi connectivity index (χ2n) is 5.61. The Morgan fingerprint density at radius 1 is 1.39 bits per heavy atom. The maximum atomic E-state index is 11.2. The van der Waals surface area contributed by atoms with Crippen LogP contribution in [0.5, 0.6) is 0 Å². The fourth-order valence-electron chi connectivity index (χ4n) is 2.72. The molecule has 2 heterocycles. The zero-order chi connectivity index (χ0) is 16.4. The van der Waals surface area contributed by atoms with Gasteiger partial charge in [-0.05, 0) is 19.4 Å². The second kappa shape index (κ2) is 6.21. The number of benzene rings is 1. The first kappa shape index (κ1) is 15.2. The molecular formula is C16H19N5O2. The number of carbonyl (C=O) groups is 1. The Morgan fingerprint density at radius 3 is 2.87 bits per heavy atom. The quantitative estimate of drug-likeness (QED) is 0.639. The summed E-state index contributed by atoms with van der Waals surface area (Å²) in [6.45, 7) is 2.34. The van der Waals surface area contributed by atoms with Crippen LogP contribution in [-0.4, -0.2) is 36.9 Å². The summed E-state index contributed by atoms with van der Waals surface area (Å²) < 4.78 is 1.91. The average molecular weight is 313 g/mol. The predicted octanol–water partition coefficient (Wildman–Crippen LogP) is 1.41. The number of carbonyl (C=O) groups excluding carboxylic acids is 1. The summed E-state index contributed by atoms with van der Waals surface area (Å²) in [5.41, 5.74) is 6.53. The normalized spacial score (nSPS) is 14.0. The van der Waals surface area contributed by atoms with Crippen molar-refractivity contribution in [2.24, 2.45) is 5.73 Å². The van der Waals surface area contributed by atoms with Crippen molar-refractivity contribution in [2.75, 3.05) is 0 Å². The minimum absolute atomic E-state index is 0.230. The summed E-state index contributed by atoms with van der Waals surface area (Å²) in [7, 11) is 0. The number of imidazole rings is 1. The fourth-order valence-corrected chi connectivity index (χ4v) is 2.72. The molecule has 7 heteroatoms. The van der Waals surface area contributed by atoms with Crippen molar-refractivity contribution in [1.29, 1.82) is 0 Å². The second-order valence-corrected chi connectivity index (χ2v) is 5.61. The SMILES string of the molecule is C[C@H](O)[C@H](CCn1ncc2ccccc21)c1ncc(C(N)=O)[nH]1. The highest BCUT2D eigenvalue weighted by molar-refractivity contribution is 5.90. The number of aryl methyl sites for hydroxylation is 1. The maximum Gasteiger partial charge on any atom is 0.266 e. The number of nitrogens with two attached hydrogens (primary N) is 1. The lowest BCUT2D eigenvalue weighted by atomic mass is 9.99.